The molecule has 1 heterocycles. The lowest BCUT2D eigenvalue weighted by Gasteiger charge is -2.24. The van der Waals surface area contributed by atoms with Gasteiger partial charge in [0.15, 0.2) is 5.78 Å². The molecule has 0 aliphatic heterocycles. The minimum atomic E-state index is -0.775. The first kappa shape index (κ1) is 15.1. The van der Waals surface area contributed by atoms with Crippen LogP contribution in [-0.2, 0) is 11.2 Å². The van der Waals surface area contributed by atoms with Crippen molar-refractivity contribution in [3.8, 4) is 0 Å². The summed E-state index contributed by atoms with van der Waals surface area (Å²) in [6, 6.07) is 7.26. The third kappa shape index (κ3) is 2.79. The van der Waals surface area contributed by atoms with Crippen LogP contribution in [0.4, 0.5) is 4.39 Å². The van der Waals surface area contributed by atoms with Crippen molar-refractivity contribution in [3.63, 3.8) is 0 Å². The molecule has 0 bridgehead atoms. The Morgan fingerprint density at radius 3 is 2.57 bits per heavy atom. The molecular formula is C17H14FNO4. The number of nitrogens with one attached hydrogen (secondary N) is 1. The van der Waals surface area contributed by atoms with E-state index in [2.05, 4.69) is 9.72 Å². The van der Waals surface area contributed by atoms with Crippen molar-refractivity contribution in [1.82, 2.24) is 4.98 Å². The number of aromatic nitrogens is 1. The molecule has 0 amide bonds. The molecule has 1 N–H and O–H groups in total. The van der Waals surface area contributed by atoms with Crippen LogP contribution < -0.4 is 5.56 Å². The van der Waals surface area contributed by atoms with E-state index in [9.17, 15) is 18.8 Å². The van der Waals surface area contributed by atoms with Gasteiger partial charge in [-0.15, -0.1) is 0 Å². The second-order valence-corrected chi connectivity index (χ2v) is 5.48. The summed E-state index contributed by atoms with van der Waals surface area (Å²) in [6.07, 6.45) is 0.689. The molecule has 0 saturated carbocycles. The molecule has 118 valence electrons. The van der Waals surface area contributed by atoms with Crippen molar-refractivity contribution in [2.45, 2.75) is 18.8 Å². The molecule has 0 radical (unpaired) electrons. The van der Waals surface area contributed by atoms with Crippen LogP contribution >= 0.6 is 0 Å². The van der Waals surface area contributed by atoms with Crippen molar-refractivity contribution < 1.29 is 18.7 Å². The van der Waals surface area contributed by atoms with Gasteiger partial charge in [-0.25, -0.2) is 9.18 Å². The van der Waals surface area contributed by atoms with E-state index < -0.39 is 11.5 Å². The number of fused-ring (bicyclic) bond motifs is 1. The zero-order valence-electron chi connectivity index (χ0n) is 12.4. The number of benzene rings is 1. The average molecular weight is 315 g/mol. The number of rotatable bonds is 2. The van der Waals surface area contributed by atoms with E-state index in [0.717, 1.165) is 5.56 Å². The quantitative estimate of drug-likeness (QED) is 0.862. The maximum atomic E-state index is 13.0. The van der Waals surface area contributed by atoms with Crippen molar-refractivity contribution in [2.24, 2.45) is 0 Å². The molecule has 1 unspecified atom stereocenters. The first-order chi connectivity index (χ1) is 11.0. The zero-order valence-corrected chi connectivity index (χ0v) is 12.4. The van der Waals surface area contributed by atoms with Crippen LogP contribution in [0.1, 0.15) is 44.3 Å². The molecule has 1 aliphatic carbocycles. The van der Waals surface area contributed by atoms with Crippen molar-refractivity contribution >= 4 is 11.8 Å². The summed E-state index contributed by atoms with van der Waals surface area (Å²) < 4.78 is 17.6. The predicted octanol–water partition coefficient (Wildman–Crippen LogP) is 2.21. The number of aromatic amines is 1. The zero-order chi connectivity index (χ0) is 16.6. The van der Waals surface area contributed by atoms with E-state index in [1.54, 1.807) is 12.1 Å². The van der Waals surface area contributed by atoms with Gasteiger partial charge in [0.1, 0.15) is 11.4 Å². The van der Waals surface area contributed by atoms with Crippen molar-refractivity contribution in [3.05, 3.63) is 68.9 Å². The summed E-state index contributed by atoms with van der Waals surface area (Å²) in [4.78, 5) is 38.5. The average Bonchev–Trinajstić information content (AvgIpc) is 2.54. The largest absolute Gasteiger partial charge is 0.465 e. The highest BCUT2D eigenvalue weighted by atomic mass is 19.1. The third-order valence-electron chi connectivity index (χ3n) is 4.05. The summed E-state index contributed by atoms with van der Waals surface area (Å²) in [7, 11) is 1.17. The summed E-state index contributed by atoms with van der Waals surface area (Å²) in [5.74, 6) is -1.41. The van der Waals surface area contributed by atoms with Gasteiger partial charge in [-0.3, -0.25) is 9.59 Å². The molecule has 0 saturated heterocycles. The fraction of sp³-hybridized carbons (Fsp3) is 0.235. The van der Waals surface area contributed by atoms with Crippen LogP contribution in [0, 0.1) is 5.82 Å². The molecule has 3 rings (SSSR count). The first-order valence-electron chi connectivity index (χ1n) is 7.12. The topological polar surface area (TPSA) is 76.2 Å². The monoisotopic (exact) mass is 315 g/mol. The lowest BCUT2D eigenvalue weighted by Crippen LogP contribution is -2.27. The lowest BCUT2D eigenvalue weighted by atomic mass is 9.81. The number of ketones is 1. The molecular weight excluding hydrogens is 301 g/mol. The number of hydrogen-bond donors (Lipinski definition) is 1. The lowest BCUT2D eigenvalue weighted by molar-refractivity contribution is 0.0598. The molecule has 5 nitrogen and oxygen atoms in total. The van der Waals surface area contributed by atoms with Gasteiger partial charge in [-0.1, -0.05) is 12.1 Å². The fourth-order valence-electron chi connectivity index (χ4n) is 2.86. The maximum Gasteiger partial charge on any atom is 0.343 e. The van der Waals surface area contributed by atoms with E-state index >= 15 is 0 Å². The Kier molecular flexibility index (Phi) is 3.82. The Labute approximate surface area is 131 Å². The first-order valence-corrected chi connectivity index (χ1v) is 7.12. The SMILES string of the molecule is COC(=O)c1cc2c([nH]c1=O)CC(c1ccc(F)cc1)CC2=O. The van der Waals surface area contributed by atoms with Gasteiger partial charge in [-0.2, -0.15) is 0 Å². The van der Waals surface area contributed by atoms with E-state index in [4.69, 9.17) is 0 Å². The minimum absolute atomic E-state index is 0.129. The number of carbonyl (C=O) groups excluding carboxylic acids is 2. The van der Waals surface area contributed by atoms with Crippen LogP contribution in [0.2, 0.25) is 0 Å². The predicted molar refractivity (Wildman–Crippen MR) is 80.2 cm³/mol. The molecule has 1 aliphatic rings. The van der Waals surface area contributed by atoms with E-state index in [1.807, 2.05) is 0 Å². The van der Waals surface area contributed by atoms with Crippen LogP contribution in [0.3, 0.4) is 0 Å². The molecule has 0 fully saturated rings. The van der Waals surface area contributed by atoms with Crippen LogP contribution in [0.15, 0.2) is 35.1 Å². The second-order valence-electron chi connectivity index (χ2n) is 5.48. The van der Waals surface area contributed by atoms with Crippen molar-refractivity contribution in [1.29, 1.82) is 0 Å². The Morgan fingerprint density at radius 1 is 1.22 bits per heavy atom. The number of halogens is 1. The highest BCUT2D eigenvalue weighted by Gasteiger charge is 2.29. The van der Waals surface area contributed by atoms with Gasteiger partial charge in [0.05, 0.1) is 7.11 Å². The highest BCUT2D eigenvalue weighted by molar-refractivity contribution is 6.01. The van der Waals surface area contributed by atoms with Gasteiger partial charge < -0.3 is 9.72 Å². The number of carbonyl (C=O) groups is 2. The van der Waals surface area contributed by atoms with Gasteiger partial charge in [-0.05, 0) is 36.1 Å². The molecule has 23 heavy (non-hydrogen) atoms. The normalized spacial score (nSPS) is 16.8. The molecule has 1 aromatic carbocycles. The fourth-order valence-corrected chi connectivity index (χ4v) is 2.86. The molecule has 1 aromatic heterocycles. The Hall–Kier alpha value is -2.76. The summed E-state index contributed by atoms with van der Waals surface area (Å²) in [5, 5.41) is 0. The number of methoxy groups -OCH3 is 1. The number of ether oxygens (including phenoxy) is 1. The number of Topliss-reactive ketones (excluding diaryl/α,β-unsaturated/α-hetero) is 1. The van der Waals surface area contributed by atoms with Crippen molar-refractivity contribution in [2.75, 3.05) is 7.11 Å². The minimum Gasteiger partial charge on any atom is -0.465 e. The van der Waals surface area contributed by atoms with E-state index in [-0.39, 0.29) is 29.5 Å². The van der Waals surface area contributed by atoms with E-state index in [0.29, 0.717) is 17.7 Å². The molecule has 6 heteroatoms. The Morgan fingerprint density at radius 2 is 1.91 bits per heavy atom. The number of pyridine rings is 1. The summed E-state index contributed by atoms with van der Waals surface area (Å²) >= 11 is 0. The number of esters is 1. The smallest absolute Gasteiger partial charge is 0.343 e. The van der Waals surface area contributed by atoms with Gasteiger partial charge in [0.25, 0.3) is 5.56 Å². The van der Waals surface area contributed by atoms with Crippen LogP contribution in [-0.4, -0.2) is 23.8 Å². The second kappa shape index (κ2) is 5.79. The summed E-state index contributed by atoms with van der Waals surface area (Å²) in [5.41, 5.74) is 0.905. The third-order valence-corrected chi connectivity index (χ3v) is 4.05. The van der Waals surface area contributed by atoms with Gasteiger partial charge in [0, 0.05) is 17.7 Å². The molecule has 0 spiro atoms. The Bertz CT molecular complexity index is 839. The van der Waals surface area contributed by atoms with Crippen LogP contribution in [0.5, 0.6) is 0 Å². The maximum absolute atomic E-state index is 13.0. The summed E-state index contributed by atoms with van der Waals surface area (Å²) in [6.45, 7) is 0. The van der Waals surface area contributed by atoms with Crippen LogP contribution in [0.25, 0.3) is 0 Å². The number of hydrogen-bond acceptors (Lipinski definition) is 4. The highest BCUT2D eigenvalue weighted by Crippen LogP contribution is 2.31. The number of H-pyrrole nitrogens is 1. The Balaban J connectivity index is 1.99. The molecule has 1 atom stereocenters. The van der Waals surface area contributed by atoms with Gasteiger partial charge >= 0.3 is 5.97 Å². The standard InChI is InChI=1S/C17H14FNO4/c1-23-17(22)13-8-12-14(19-16(13)21)6-10(7-15(12)20)9-2-4-11(18)5-3-9/h2-5,8,10H,6-7H2,1H3,(H,19,21). The molecule has 2 aromatic rings. The van der Waals surface area contributed by atoms with Gasteiger partial charge in [0.2, 0.25) is 0 Å². The van der Waals surface area contributed by atoms with E-state index in [1.165, 1.54) is 25.3 Å².